The summed E-state index contributed by atoms with van der Waals surface area (Å²) in [7, 11) is -1.76. The molecule has 0 saturated carbocycles. The number of aromatic nitrogens is 2. The van der Waals surface area contributed by atoms with Crippen molar-refractivity contribution in [3.8, 4) is 0 Å². The molecule has 5 heteroatoms. The Morgan fingerprint density at radius 3 is 2.04 bits per heavy atom. The Morgan fingerprint density at radius 1 is 0.963 bits per heavy atom. The van der Waals surface area contributed by atoms with Crippen LogP contribution in [0.1, 0.15) is 25.1 Å². The second-order valence-electron chi connectivity index (χ2n) is 8.39. The standard InChI is InChI=1S/C22H28N2OSSi/c1-22(2,25)19-20(27(3,4)5)24(16-17-12-8-6-9-13-17)21(23-19)26-18-14-10-7-11-15-18/h6-15,25H,16H2,1-5H3. The van der Waals surface area contributed by atoms with E-state index in [-0.39, 0.29) is 0 Å². The van der Waals surface area contributed by atoms with Crippen LogP contribution in [0.25, 0.3) is 0 Å². The van der Waals surface area contributed by atoms with Gasteiger partial charge in [0.15, 0.2) is 5.16 Å². The molecule has 142 valence electrons. The Bertz CT molecular complexity index is 894. The van der Waals surface area contributed by atoms with Crippen LogP contribution >= 0.6 is 11.8 Å². The zero-order chi connectivity index (χ0) is 19.7. The molecule has 1 heterocycles. The lowest BCUT2D eigenvalue weighted by Crippen LogP contribution is -2.47. The molecular weight excluding hydrogens is 368 g/mol. The van der Waals surface area contributed by atoms with Crippen LogP contribution in [0.15, 0.2) is 70.7 Å². The van der Waals surface area contributed by atoms with E-state index in [9.17, 15) is 5.11 Å². The average Bonchev–Trinajstić information content (AvgIpc) is 2.95. The highest BCUT2D eigenvalue weighted by Gasteiger charge is 2.35. The summed E-state index contributed by atoms with van der Waals surface area (Å²) in [5.74, 6) is 0. The zero-order valence-electron chi connectivity index (χ0n) is 16.7. The van der Waals surface area contributed by atoms with Crippen molar-refractivity contribution in [3.05, 3.63) is 71.9 Å². The first kappa shape index (κ1) is 19.9. The van der Waals surface area contributed by atoms with Gasteiger partial charge in [0.05, 0.1) is 5.69 Å². The van der Waals surface area contributed by atoms with Crippen LogP contribution in [0.4, 0.5) is 0 Å². The first-order chi connectivity index (χ1) is 12.7. The predicted octanol–water partition coefficient (Wildman–Crippen LogP) is 4.86. The number of hydrogen-bond donors (Lipinski definition) is 1. The molecule has 0 spiro atoms. The van der Waals surface area contributed by atoms with Crippen molar-refractivity contribution in [1.29, 1.82) is 0 Å². The first-order valence-electron chi connectivity index (χ1n) is 9.27. The SMILES string of the molecule is CC(C)(O)c1nc(Sc2ccccc2)n(Cc2ccccc2)c1[Si](C)(C)C. The van der Waals surface area contributed by atoms with E-state index in [1.165, 1.54) is 10.9 Å². The van der Waals surface area contributed by atoms with Crippen LogP contribution in [0.3, 0.4) is 0 Å². The molecule has 0 amide bonds. The van der Waals surface area contributed by atoms with Gasteiger partial charge >= 0.3 is 0 Å². The Labute approximate surface area is 167 Å². The van der Waals surface area contributed by atoms with Gasteiger partial charge in [-0.2, -0.15) is 0 Å². The molecule has 0 atom stereocenters. The molecule has 0 saturated heterocycles. The molecular formula is C22H28N2OSSi. The van der Waals surface area contributed by atoms with E-state index in [1.807, 2.05) is 38.1 Å². The van der Waals surface area contributed by atoms with Gasteiger partial charge in [0.1, 0.15) is 13.7 Å². The molecule has 0 bridgehead atoms. The molecule has 2 aromatic carbocycles. The van der Waals surface area contributed by atoms with Crippen molar-refractivity contribution in [1.82, 2.24) is 9.55 Å². The monoisotopic (exact) mass is 396 g/mol. The first-order valence-corrected chi connectivity index (χ1v) is 13.6. The van der Waals surface area contributed by atoms with E-state index in [4.69, 9.17) is 4.98 Å². The minimum Gasteiger partial charge on any atom is -0.384 e. The number of hydrogen-bond acceptors (Lipinski definition) is 3. The summed E-state index contributed by atoms with van der Waals surface area (Å²) in [5, 5.41) is 13.0. The minimum atomic E-state index is -1.76. The van der Waals surface area contributed by atoms with Crippen molar-refractivity contribution in [3.63, 3.8) is 0 Å². The van der Waals surface area contributed by atoms with Crippen LogP contribution in [0.5, 0.6) is 0 Å². The second kappa shape index (κ2) is 7.66. The summed E-state index contributed by atoms with van der Waals surface area (Å²) in [4.78, 5) is 6.10. The van der Waals surface area contributed by atoms with E-state index in [1.54, 1.807) is 11.8 Å². The highest BCUT2D eigenvalue weighted by atomic mass is 32.2. The van der Waals surface area contributed by atoms with E-state index < -0.39 is 13.7 Å². The summed E-state index contributed by atoms with van der Waals surface area (Å²) < 4.78 is 2.33. The zero-order valence-corrected chi connectivity index (χ0v) is 18.5. The summed E-state index contributed by atoms with van der Waals surface area (Å²) in [6.07, 6.45) is 0. The molecule has 0 unspecified atom stereocenters. The van der Waals surface area contributed by atoms with Crippen molar-refractivity contribution in [2.75, 3.05) is 0 Å². The van der Waals surface area contributed by atoms with Gasteiger partial charge in [0.2, 0.25) is 0 Å². The molecule has 1 aromatic heterocycles. The quantitative estimate of drug-likeness (QED) is 0.605. The maximum absolute atomic E-state index is 10.8. The smallest absolute Gasteiger partial charge is 0.173 e. The van der Waals surface area contributed by atoms with Gasteiger partial charge in [0, 0.05) is 16.8 Å². The normalized spacial score (nSPS) is 12.4. The Kier molecular flexibility index (Phi) is 5.65. The lowest BCUT2D eigenvalue weighted by molar-refractivity contribution is 0.0750. The van der Waals surface area contributed by atoms with E-state index in [0.717, 1.165) is 22.3 Å². The van der Waals surface area contributed by atoms with Crippen LogP contribution in [0.2, 0.25) is 19.6 Å². The van der Waals surface area contributed by atoms with Gasteiger partial charge in [-0.1, -0.05) is 79.9 Å². The maximum atomic E-state index is 10.8. The van der Waals surface area contributed by atoms with E-state index in [0.29, 0.717) is 0 Å². The molecule has 1 N–H and O–H groups in total. The molecule has 27 heavy (non-hydrogen) atoms. The van der Waals surface area contributed by atoms with Crippen LogP contribution in [-0.4, -0.2) is 22.7 Å². The number of rotatable bonds is 6. The van der Waals surface area contributed by atoms with Crippen molar-refractivity contribution < 1.29 is 5.11 Å². The second-order valence-corrected chi connectivity index (χ2v) is 14.4. The van der Waals surface area contributed by atoms with Gasteiger partial charge in [-0.15, -0.1) is 0 Å². The third kappa shape index (κ3) is 4.72. The minimum absolute atomic E-state index is 0.763. The fourth-order valence-electron chi connectivity index (χ4n) is 3.20. The van der Waals surface area contributed by atoms with Gasteiger partial charge in [-0.3, -0.25) is 0 Å². The van der Waals surface area contributed by atoms with Crippen molar-refractivity contribution in [2.24, 2.45) is 0 Å². The molecule has 3 rings (SSSR count). The molecule has 3 aromatic rings. The van der Waals surface area contributed by atoms with Gasteiger partial charge in [-0.05, 0) is 31.5 Å². The van der Waals surface area contributed by atoms with Gasteiger partial charge in [-0.25, -0.2) is 4.98 Å². The van der Waals surface area contributed by atoms with E-state index in [2.05, 4.69) is 60.6 Å². The summed E-state index contributed by atoms with van der Waals surface area (Å²) in [5.41, 5.74) is 1.09. The topological polar surface area (TPSA) is 38.1 Å². The molecule has 0 aliphatic carbocycles. The summed E-state index contributed by atoms with van der Waals surface area (Å²) in [6.45, 7) is 11.4. The molecule has 0 fully saturated rings. The number of nitrogens with zero attached hydrogens (tertiary/aromatic N) is 2. The number of aliphatic hydroxyl groups is 1. The van der Waals surface area contributed by atoms with Gasteiger partial charge in [0.25, 0.3) is 0 Å². The summed E-state index contributed by atoms with van der Waals surface area (Å²) in [6, 6.07) is 20.8. The largest absolute Gasteiger partial charge is 0.384 e. The lowest BCUT2D eigenvalue weighted by Gasteiger charge is -2.26. The molecule has 0 aliphatic heterocycles. The number of benzene rings is 2. The van der Waals surface area contributed by atoms with E-state index >= 15 is 0 Å². The third-order valence-electron chi connectivity index (χ3n) is 4.36. The van der Waals surface area contributed by atoms with Crippen molar-refractivity contribution >= 4 is 25.2 Å². The van der Waals surface area contributed by atoms with Gasteiger partial charge < -0.3 is 9.67 Å². The van der Waals surface area contributed by atoms with Crippen LogP contribution < -0.4 is 5.32 Å². The average molecular weight is 397 g/mol. The summed E-state index contributed by atoms with van der Waals surface area (Å²) >= 11 is 1.66. The Morgan fingerprint density at radius 2 is 1.52 bits per heavy atom. The van der Waals surface area contributed by atoms with Crippen LogP contribution in [-0.2, 0) is 12.1 Å². The number of imidazole rings is 1. The molecule has 0 aliphatic rings. The third-order valence-corrected chi connectivity index (χ3v) is 7.29. The lowest BCUT2D eigenvalue weighted by atomic mass is 10.1. The molecule has 3 nitrogen and oxygen atoms in total. The highest BCUT2D eigenvalue weighted by molar-refractivity contribution is 7.99. The maximum Gasteiger partial charge on any atom is 0.173 e. The highest BCUT2D eigenvalue weighted by Crippen LogP contribution is 2.31. The predicted molar refractivity (Wildman–Crippen MR) is 117 cm³/mol. The fraction of sp³-hybridized carbons (Fsp3) is 0.318. The van der Waals surface area contributed by atoms with Crippen molar-refractivity contribution in [2.45, 2.75) is 55.7 Å². The Hall–Kier alpha value is -1.82. The fourth-order valence-corrected chi connectivity index (χ4v) is 6.26. The van der Waals surface area contributed by atoms with Crippen LogP contribution in [0, 0.1) is 0 Å². The molecule has 0 radical (unpaired) electrons. The Balaban J connectivity index is 2.17.